The van der Waals surface area contributed by atoms with Crippen LogP contribution in [-0.2, 0) is 0 Å². The van der Waals surface area contributed by atoms with Crippen molar-refractivity contribution < 1.29 is 14.3 Å². The molecule has 1 amide bonds. The molecule has 0 spiro atoms. The molecule has 0 bridgehead atoms. The lowest BCUT2D eigenvalue weighted by atomic mass is 10.1. The van der Waals surface area contributed by atoms with Gasteiger partial charge >= 0.3 is 0 Å². The quantitative estimate of drug-likeness (QED) is 0.566. The summed E-state index contributed by atoms with van der Waals surface area (Å²) in [6.07, 6.45) is 0. The number of ether oxygens (including phenoxy) is 2. The molecule has 30 heavy (non-hydrogen) atoms. The SMILES string of the molecule is O=C(Nc1ccccc1-c1nnn(-c2ccccc2)n1)c1ccc2c(c1)OCCO2. The summed E-state index contributed by atoms with van der Waals surface area (Å²) in [6.45, 7) is 0.965. The molecule has 0 fully saturated rings. The number of rotatable bonds is 4. The number of aromatic nitrogens is 4. The lowest BCUT2D eigenvalue weighted by Gasteiger charge is -2.18. The topological polar surface area (TPSA) is 91.2 Å². The van der Waals surface area contributed by atoms with E-state index in [4.69, 9.17) is 9.47 Å². The Morgan fingerprint density at radius 3 is 2.53 bits per heavy atom. The largest absolute Gasteiger partial charge is 0.486 e. The van der Waals surface area contributed by atoms with Crippen LogP contribution in [0.5, 0.6) is 11.5 Å². The summed E-state index contributed by atoms with van der Waals surface area (Å²) in [4.78, 5) is 14.3. The number of tetrazole rings is 1. The molecule has 4 aromatic rings. The average molecular weight is 399 g/mol. The van der Waals surface area contributed by atoms with Crippen molar-refractivity contribution in [1.29, 1.82) is 0 Å². The van der Waals surface area contributed by atoms with Gasteiger partial charge in [-0.3, -0.25) is 4.79 Å². The Kier molecular flexibility index (Phi) is 4.57. The van der Waals surface area contributed by atoms with Crippen molar-refractivity contribution >= 4 is 11.6 Å². The van der Waals surface area contributed by atoms with Crippen molar-refractivity contribution in [3.63, 3.8) is 0 Å². The molecule has 8 heteroatoms. The first kappa shape index (κ1) is 17.9. The molecule has 1 aliphatic rings. The molecule has 1 aliphatic heterocycles. The number of hydrogen-bond donors (Lipinski definition) is 1. The fourth-order valence-electron chi connectivity index (χ4n) is 3.16. The second kappa shape index (κ2) is 7.67. The molecule has 0 aliphatic carbocycles. The third-order valence-electron chi connectivity index (χ3n) is 4.62. The molecule has 8 nitrogen and oxygen atoms in total. The van der Waals surface area contributed by atoms with Crippen LogP contribution in [-0.4, -0.2) is 39.3 Å². The molecule has 0 saturated carbocycles. The highest BCUT2D eigenvalue weighted by molar-refractivity contribution is 6.06. The Balaban J connectivity index is 1.42. The van der Waals surface area contributed by atoms with Gasteiger partial charge in [0.05, 0.1) is 11.4 Å². The standard InChI is InChI=1S/C22H17N5O3/c28-22(15-10-11-19-20(14-15)30-13-12-29-19)23-18-9-5-4-8-17(18)21-24-26-27(25-21)16-6-2-1-3-7-16/h1-11,14H,12-13H2,(H,23,28). The molecule has 0 radical (unpaired) electrons. The average Bonchev–Trinajstić information content (AvgIpc) is 3.30. The number of benzene rings is 3. The Labute approximate surface area is 172 Å². The second-order valence-electron chi connectivity index (χ2n) is 6.60. The van der Waals surface area contributed by atoms with Crippen LogP contribution in [0.4, 0.5) is 5.69 Å². The van der Waals surface area contributed by atoms with Gasteiger partial charge in [-0.05, 0) is 47.7 Å². The van der Waals surface area contributed by atoms with E-state index in [2.05, 4.69) is 20.7 Å². The third-order valence-corrected chi connectivity index (χ3v) is 4.62. The van der Waals surface area contributed by atoms with Gasteiger partial charge in [0.1, 0.15) is 13.2 Å². The first-order chi connectivity index (χ1) is 14.8. The number of amides is 1. The Hall–Kier alpha value is -4.20. The highest BCUT2D eigenvalue weighted by atomic mass is 16.6. The summed E-state index contributed by atoms with van der Waals surface area (Å²) in [7, 11) is 0. The highest BCUT2D eigenvalue weighted by Crippen LogP contribution is 2.31. The number of nitrogens with one attached hydrogen (secondary N) is 1. The minimum absolute atomic E-state index is 0.269. The Morgan fingerprint density at radius 1 is 0.900 bits per heavy atom. The van der Waals surface area contributed by atoms with E-state index in [1.54, 1.807) is 24.3 Å². The van der Waals surface area contributed by atoms with E-state index in [9.17, 15) is 4.79 Å². The maximum Gasteiger partial charge on any atom is 0.255 e. The van der Waals surface area contributed by atoms with Gasteiger partial charge in [0, 0.05) is 11.1 Å². The molecule has 0 saturated heterocycles. The lowest BCUT2D eigenvalue weighted by Crippen LogP contribution is -2.17. The molecule has 5 rings (SSSR count). The van der Waals surface area contributed by atoms with Gasteiger partial charge in [0.25, 0.3) is 5.91 Å². The molecule has 1 aromatic heterocycles. The van der Waals surface area contributed by atoms with Crippen LogP contribution >= 0.6 is 0 Å². The maximum absolute atomic E-state index is 12.8. The van der Waals surface area contributed by atoms with Gasteiger partial charge in [-0.15, -0.1) is 15.0 Å². The van der Waals surface area contributed by atoms with Crippen LogP contribution in [0.3, 0.4) is 0 Å². The fraction of sp³-hybridized carbons (Fsp3) is 0.0909. The van der Waals surface area contributed by atoms with Crippen LogP contribution in [0.2, 0.25) is 0 Å². The summed E-state index contributed by atoms with van der Waals surface area (Å²) in [6, 6.07) is 22.0. The van der Waals surface area contributed by atoms with Crippen molar-refractivity contribution in [2.24, 2.45) is 0 Å². The van der Waals surface area contributed by atoms with Crippen molar-refractivity contribution in [2.75, 3.05) is 18.5 Å². The van der Waals surface area contributed by atoms with Crippen molar-refractivity contribution in [3.05, 3.63) is 78.4 Å². The summed E-state index contributed by atoms with van der Waals surface area (Å²) >= 11 is 0. The van der Waals surface area contributed by atoms with E-state index in [1.807, 2.05) is 48.5 Å². The van der Waals surface area contributed by atoms with Crippen LogP contribution in [0.1, 0.15) is 10.4 Å². The number of para-hydroxylation sites is 2. The minimum atomic E-state index is -0.269. The molecule has 148 valence electrons. The lowest BCUT2D eigenvalue weighted by molar-refractivity contribution is 0.102. The summed E-state index contributed by atoms with van der Waals surface area (Å²) < 4.78 is 11.1. The second-order valence-corrected chi connectivity index (χ2v) is 6.60. The molecule has 0 unspecified atom stereocenters. The summed E-state index contributed by atoms with van der Waals surface area (Å²) in [5.74, 6) is 1.35. The first-order valence-electron chi connectivity index (χ1n) is 9.44. The van der Waals surface area contributed by atoms with E-state index < -0.39 is 0 Å². The van der Waals surface area contributed by atoms with E-state index in [0.29, 0.717) is 47.4 Å². The van der Waals surface area contributed by atoms with E-state index in [0.717, 1.165) is 5.69 Å². The number of nitrogens with zero attached hydrogens (tertiary/aromatic N) is 4. The van der Waals surface area contributed by atoms with Gasteiger partial charge in [-0.1, -0.05) is 30.3 Å². The van der Waals surface area contributed by atoms with Gasteiger partial charge in [-0.2, -0.15) is 0 Å². The highest BCUT2D eigenvalue weighted by Gasteiger charge is 2.17. The zero-order valence-electron chi connectivity index (χ0n) is 15.9. The van der Waals surface area contributed by atoms with Crippen molar-refractivity contribution in [1.82, 2.24) is 20.2 Å². The Bertz CT molecular complexity index is 1210. The van der Waals surface area contributed by atoms with Crippen molar-refractivity contribution in [3.8, 4) is 28.6 Å². The summed E-state index contributed by atoms with van der Waals surface area (Å²) in [5, 5.41) is 15.7. The van der Waals surface area contributed by atoms with E-state index in [-0.39, 0.29) is 5.91 Å². The van der Waals surface area contributed by atoms with Gasteiger partial charge in [-0.25, -0.2) is 0 Å². The predicted octanol–water partition coefficient (Wildman–Crippen LogP) is 3.35. The molecule has 1 N–H and O–H groups in total. The Morgan fingerprint density at radius 2 is 1.67 bits per heavy atom. The molecule has 0 atom stereocenters. The monoisotopic (exact) mass is 399 g/mol. The summed E-state index contributed by atoms with van der Waals surface area (Å²) in [5.41, 5.74) is 2.53. The van der Waals surface area contributed by atoms with Gasteiger partial charge in [0.15, 0.2) is 11.5 Å². The minimum Gasteiger partial charge on any atom is -0.486 e. The fourth-order valence-corrected chi connectivity index (χ4v) is 3.16. The maximum atomic E-state index is 12.8. The number of carbonyl (C=O) groups is 1. The molecular formula is C22H17N5O3. The molecule has 2 heterocycles. The number of fused-ring (bicyclic) bond motifs is 1. The van der Waals surface area contributed by atoms with Crippen LogP contribution < -0.4 is 14.8 Å². The zero-order valence-corrected chi connectivity index (χ0v) is 15.9. The van der Waals surface area contributed by atoms with E-state index in [1.165, 1.54) is 4.80 Å². The van der Waals surface area contributed by atoms with Gasteiger partial charge in [0.2, 0.25) is 5.82 Å². The number of hydrogen-bond acceptors (Lipinski definition) is 6. The number of anilines is 1. The molecule has 3 aromatic carbocycles. The van der Waals surface area contributed by atoms with E-state index >= 15 is 0 Å². The van der Waals surface area contributed by atoms with Crippen LogP contribution in [0, 0.1) is 0 Å². The van der Waals surface area contributed by atoms with Crippen LogP contribution in [0.25, 0.3) is 17.1 Å². The van der Waals surface area contributed by atoms with Gasteiger partial charge < -0.3 is 14.8 Å². The normalized spacial score (nSPS) is 12.4. The molecular weight excluding hydrogens is 382 g/mol. The zero-order chi connectivity index (χ0) is 20.3. The van der Waals surface area contributed by atoms with Crippen LogP contribution in [0.15, 0.2) is 72.8 Å². The van der Waals surface area contributed by atoms with Crippen molar-refractivity contribution in [2.45, 2.75) is 0 Å². The smallest absolute Gasteiger partial charge is 0.255 e. The predicted molar refractivity (Wildman–Crippen MR) is 110 cm³/mol. The number of carbonyl (C=O) groups excluding carboxylic acids is 1. The third kappa shape index (κ3) is 3.46. The first-order valence-corrected chi connectivity index (χ1v) is 9.44.